The van der Waals surface area contributed by atoms with Crippen molar-refractivity contribution in [3.05, 3.63) is 0 Å². The molecule has 3 rings (SSSR count). The van der Waals surface area contributed by atoms with Crippen LogP contribution in [0.5, 0.6) is 0 Å². The summed E-state index contributed by atoms with van der Waals surface area (Å²) in [6.07, 6.45) is 8.83. The van der Waals surface area contributed by atoms with Gasteiger partial charge in [-0.2, -0.15) is 0 Å². The van der Waals surface area contributed by atoms with Crippen LogP contribution in [0.4, 0.5) is 0 Å². The number of hydrogen-bond donors (Lipinski definition) is 0. The van der Waals surface area contributed by atoms with Gasteiger partial charge in [-0.05, 0) is 50.4 Å². The van der Waals surface area contributed by atoms with E-state index in [9.17, 15) is 0 Å². The minimum absolute atomic E-state index is 0.901. The third-order valence-electron chi connectivity index (χ3n) is 5.61. The van der Waals surface area contributed by atoms with Gasteiger partial charge in [0, 0.05) is 38.3 Å². The van der Waals surface area contributed by atoms with Crippen molar-refractivity contribution in [3.8, 4) is 0 Å². The van der Waals surface area contributed by atoms with E-state index >= 15 is 0 Å². The smallest absolute Gasteiger partial charge is 0.0113 e. The highest BCUT2D eigenvalue weighted by Crippen LogP contribution is 2.33. The molecule has 2 nitrogen and oxygen atoms in total. The second kappa shape index (κ2) is 5.50. The summed E-state index contributed by atoms with van der Waals surface area (Å²) in [7, 11) is 0. The second-order valence-electron chi connectivity index (χ2n) is 7.12. The Morgan fingerprint density at radius 3 is 1.39 bits per heavy atom. The van der Waals surface area contributed by atoms with Gasteiger partial charge in [0.1, 0.15) is 0 Å². The number of hydrogen-bond acceptors (Lipinski definition) is 2. The van der Waals surface area contributed by atoms with E-state index in [0.29, 0.717) is 0 Å². The Labute approximate surface area is 113 Å². The fourth-order valence-electron chi connectivity index (χ4n) is 4.04. The Hall–Kier alpha value is -0.0800. The summed E-state index contributed by atoms with van der Waals surface area (Å²) in [5.74, 6) is 1.91. The quantitative estimate of drug-likeness (QED) is 0.760. The van der Waals surface area contributed by atoms with Gasteiger partial charge in [0.25, 0.3) is 0 Å². The monoisotopic (exact) mass is 250 g/mol. The molecule has 0 spiro atoms. The molecule has 1 aliphatic heterocycles. The first-order valence-corrected chi connectivity index (χ1v) is 8.22. The van der Waals surface area contributed by atoms with E-state index in [2.05, 4.69) is 23.6 Å². The average Bonchev–Trinajstić information content (AvgIpc) is 3.23. The van der Waals surface area contributed by atoms with Gasteiger partial charge in [-0.25, -0.2) is 0 Å². The van der Waals surface area contributed by atoms with Crippen LogP contribution >= 0.6 is 0 Å². The van der Waals surface area contributed by atoms with E-state index in [4.69, 9.17) is 0 Å². The van der Waals surface area contributed by atoms with E-state index in [-0.39, 0.29) is 0 Å². The zero-order chi connectivity index (χ0) is 12.5. The fraction of sp³-hybridized carbons (Fsp3) is 1.00. The molecule has 0 N–H and O–H groups in total. The number of piperazine rings is 1. The zero-order valence-electron chi connectivity index (χ0n) is 12.3. The summed E-state index contributed by atoms with van der Waals surface area (Å²) in [6.45, 7) is 10.2. The predicted octanol–water partition coefficient (Wildman–Crippen LogP) is 2.98. The van der Waals surface area contributed by atoms with Gasteiger partial charge in [0.15, 0.2) is 0 Å². The Morgan fingerprint density at radius 1 is 0.667 bits per heavy atom. The topological polar surface area (TPSA) is 6.48 Å². The molecule has 0 amide bonds. The number of nitrogens with zero attached hydrogens (tertiary/aromatic N) is 2. The molecule has 0 aromatic rings. The van der Waals surface area contributed by atoms with Crippen LogP contribution in [0.1, 0.15) is 52.4 Å². The van der Waals surface area contributed by atoms with Gasteiger partial charge in [0.2, 0.25) is 0 Å². The standard InChI is InChI=1S/C16H30N2/c1-13(2)14-3-5-15(6-4-14)17-9-11-18(12-10-17)16-7-8-16/h13-16H,3-12H2,1-2H3. The summed E-state index contributed by atoms with van der Waals surface area (Å²) in [5, 5.41) is 0. The molecule has 0 bridgehead atoms. The van der Waals surface area contributed by atoms with Gasteiger partial charge in [-0.1, -0.05) is 13.8 Å². The minimum Gasteiger partial charge on any atom is -0.298 e. The van der Waals surface area contributed by atoms with Gasteiger partial charge < -0.3 is 0 Å². The van der Waals surface area contributed by atoms with E-state index in [1.54, 1.807) is 0 Å². The van der Waals surface area contributed by atoms with Crippen LogP contribution in [0.25, 0.3) is 0 Å². The maximum atomic E-state index is 2.80. The molecule has 2 saturated carbocycles. The van der Waals surface area contributed by atoms with E-state index in [1.165, 1.54) is 64.7 Å². The van der Waals surface area contributed by atoms with Gasteiger partial charge in [-0.3, -0.25) is 9.80 Å². The Balaban J connectivity index is 1.43. The highest BCUT2D eigenvalue weighted by Gasteiger charge is 2.34. The van der Waals surface area contributed by atoms with Crippen LogP contribution in [0, 0.1) is 11.8 Å². The summed E-state index contributed by atoms with van der Waals surface area (Å²) in [6, 6.07) is 1.89. The number of rotatable bonds is 3. The van der Waals surface area contributed by atoms with E-state index in [1.807, 2.05) is 0 Å². The first-order valence-electron chi connectivity index (χ1n) is 8.22. The molecule has 0 unspecified atom stereocenters. The van der Waals surface area contributed by atoms with Crippen molar-refractivity contribution in [1.82, 2.24) is 9.80 Å². The highest BCUT2D eigenvalue weighted by molar-refractivity contribution is 4.90. The molecule has 0 radical (unpaired) electrons. The molecule has 104 valence electrons. The molecule has 0 atom stereocenters. The lowest BCUT2D eigenvalue weighted by molar-refractivity contribution is 0.0624. The lowest BCUT2D eigenvalue weighted by Crippen LogP contribution is -2.51. The third kappa shape index (κ3) is 2.91. The van der Waals surface area contributed by atoms with Crippen molar-refractivity contribution in [3.63, 3.8) is 0 Å². The zero-order valence-corrected chi connectivity index (χ0v) is 12.3. The molecular weight excluding hydrogens is 220 g/mol. The summed E-state index contributed by atoms with van der Waals surface area (Å²) in [5.41, 5.74) is 0. The Kier molecular flexibility index (Phi) is 3.95. The molecule has 18 heavy (non-hydrogen) atoms. The summed E-state index contributed by atoms with van der Waals surface area (Å²) < 4.78 is 0. The van der Waals surface area contributed by atoms with Crippen LogP contribution in [-0.4, -0.2) is 48.1 Å². The van der Waals surface area contributed by atoms with Crippen molar-refractivity contribution < 1.29 is 0 Å². The molecule has 3 aliphatic rings. The molecule has 3 fully saturated rings. The summed E-state index contributed by atoms with van der Waals surface area (Å²) >= 11 is 0. The molecule has 1 saturated heterocycles. The van der Waals surface area contributed by atoms with Crippen LogP contribution in [0.2, 0.25) is 0 Å². The van der Waals surface area contributed by atoms with Gasteiger partial charge in [0.05, 0.1) is 0 Å². The average molecular weight is 250 g/mol. The lowest BCUT2D eigenvalue weighted by Gasteiger charge is -2.42. The maximum absolute atomic E-state index is 2.80. The Bertz CT molecular complexity index is 236. The van der Waals surface area contributed by atoms with E-state index < -0.39 is 0 Å². The molecule has 1 heterocycles. The first-order chi connectivity index (χ1) is 8.74. The fourth-order valence-corrected chi connectivity index (χ4v) is 4.04. The third-order valence-corrected chi connectivity index (χ3v) is 5.61. The van der Waals surface area contributed by atoms with E-state index in [0.717, 1.165) is 23.9 Å². The van der Waals surface area contributed by atoms with Crippen LogP contribution in [0.3, 0.4) is 0 Å². The first kappa shape index (κ1) is 12.9. The normalized spacial score (nSPS) is 36.2. The van der Waals surface area contributed by atoms with Crippen LogP contribution < -0.4 is 0 Å². The van der Waals surface area contributed by atoms with Crippen molar-refractivity contribution in [1.29, 1.82) is 0 Å². The molecule has 2 aliphatic carbocycles. The minimum atomic E-state index is 0.901. The Morgan fingerprint density at radius 2 is 1.06 bits per heavy atom. The summed E-state index contributed by atoms with van der Waals surface area (Å²) in [4.78, 5) is 5.53. The second-order valence-corrected chi connectivity index (χ2v) is 7.12. The molecule has 0 aromatic heterocycles. The lowest BCUT2D eigenvalue weighted by atomic mass is 9.79. The van der Waals surface area contributed by atoms with Crippen LogP contribution in [-0.2, 0) is 0 Å². The SMILES string of the molecule is CC(C)C1CCC(N2CCN(C3CC3)CC2)CC1. The highest BCUT2D eigenvalue weighted by atomic mass is 15.3. The molecule has 0 aromatic carbocycles. The van der Waals surface area contributed by atoms with Gasteiger partial charge in [-0.15, -0.1) is 0 Å². The van der Waals surface area contributed by atoms with Crippen molar-refractivity contribution in [2.24, 2.45) is 11.8 Å². The maximum Gasteiger partial charge on any atom is 0.0113 e. The van der Waals surface area contributed by atoms with Crippen molar-refractivity contribution in [2.45, 2.75) is 64.5 Å². The van der Waals surface area contributed by atoms with Crippen molar-refractivity contribution in [2.75, 3.05) is 26.2 Å². The predicted molar refractivity (Wildman–Crippen MR) is 76.8 cm³/mol. The van der Waals surface area contributed by atoms with Gasteiger partial charge >= 0.3 is 0 Å². The molecular formula is C16H30N2. The van der Waals surface area contributed by atoms with Crippen LogP contribution in [0.15, 0.2) is 0 Å². The van der Waals surface area contributed by atoms with Crippen molar-refractivity contribution >= 4 is 0 Å². The largest absolute Gasteiger partial charge is 0.298 e. The molecule has 2 heteroatoms.